The first-order chi connectivity index (χ1) is 9.52. The van der Waals surface area contributed by atoms with Crippen LogP contribution in [0.4, 0.5) is 0 Å². The van der Waals surface area contributed by atoms with Crippen molar-refractivity contribution >= 4 is 10.0 Å². The summed E-state index contributed by atoms with van der Waals surface area (Å²) in [5.41, 5.74) is 1.03. The first-order valence-electron chi connectivity index (χ1n) is 6.67. The normalized spacial score (nSPS) is 12.0. The molecular weight excluding hydrogens is 278 g/mol. The summed E-state index contributed by atoms with van der Waals surface area (Å²) in [5, 5.41) is 8.77. The Kier molecular flexibility index (Phi) is 7.15. The van der Waals surface area contributed by atoms with Gasteiger partial charge >= 0.3 is 0 Å². The summed E-state index contributed by atoms with van der Waals surface area (Å²) in [5.74, 6) is 0. The topological polar surface area (TPSA) is 66.8 Å². The summed E-state index contributed by atoms with van der Waals surface area (Å²) >= 11 is 0. The number of nitrogens with zero attached hydrogens (tertiary/aromatic N) is 1. The summed E-state index contributed by atoms with van der Waals surface area (Å²) in [6, 6.07) is 6.83. The van der Waals surface area contributed by atoms with Crippen molar-refractivity contribution in [3.05, 3.63) is 29.8 Å². The number of methoxy groups -OCH3 is 1. The molecule has 0 amide bonds. The predicted molar refractivity (Wildman–Crippen MR) is 78.2 cm³/mol. The van der Waals surface area contributed by atoms with E-state index in [0.29, 0.717) is 30.9 Å². The number of aliphatic hydroxyl groups excluding tert-OH is 1. The van der Waals surface area contributed by atoms with Gasteiger partial charge in [0.2, 0.25) is 10.0 Å². The zero-order valence-electron chi connectivity index (χ0n) is 12.1. The Balaban J connectivity index is 2.71. The Morgan fingerprint density at radius 2 is 1.85 bits per heavy atom. The Morgan fingerprint density at radius 3 is 2.40 bits per heavy atom. The van der Waals surface area contributed by atoms with Crippen LogP contribution in [0.3, 0.4) is 0 Å². The van der Waals surface area contributed by atoms with Crippen molar-refractivity contribution in [1.82, 2.24) is 4.31 Å². The van der Waals surface area contributed by atoms with E-state index < -0.39 is 10.0 Å². The summed E-state index contributed by atoms with van der Waals surface area (Å²) in [6.45, 7) is 1.12. The molecule has 1 aromatic rings. The fourth-order valence-corrected chi connectivity index (χ4v) is 3.05. The SMILES string of the molecule is COCCCN(C)S(=O)(=O)c1ccc(CCCO)cc1. The van der Waals surface area contributed by atoms with Crippen molar-refractivity contribution in [1.29, 1.82) is 0 Å². The summed E-state index contributed by atoms with van der Waals surface area (Å²) in [4.78, 5) is 0.296. The van der Waals surface area contributed by atoms with Gasteiger partial charge in [-0.05, 0) is 37.0 Å². The molecule has 0 saturated heterocycles. The smallest absolute Gasteiger partial charge is 0.242 e. The van der Waals surface area contributed by atoms with E-state index in [0.717, 1.165) is 12.0 Å². The van der Waals surface area contributed by atoms with E-state index in [1.54, 1.807) is 38.4 Å². The minimum absolute atomic E-state index is 0.141. The quantitative estimate of drug-likeness (QED) is 0.698. The standard InChI is InChI=1S/C14H23NO4S/c1-15(10-4-12-19-2)20(17,18)14-8-6-13(7-9-14)5-3-11-16/h6-9,16H,3-5,10-12H2,1-2H3. The summed E-state index contributed by atoms with van der Waals surface area (Å²) < 4.78 is 30.9. The Hall–Kier alpha value is -0.950. The molecule has 6 heteroatoms. The Morgan fingerprint density at radius 1 is 1.20 bits per heavy atom. The maximum atomic E-state index is 12.3. The summed E-state index contributed by atoms with van der Waals surface area (Å²) in [7, 11) is -0.257. The van der Waals surface area contributed by atoms with E-state index in [9.17, 15) is 8.42 Å². The van der Waals surface area contributed by atoms with Gasteiger partial charge in [-0.1, -0.05) is 12.1 Å². The van der Waals surface area contributed by atoms with Crippen LogP contribution in [0, 0.1) is 0 Å². The highest BCUT2D eigenvalue weighted by atomic mass is 32.2. The Bertz CT molecular complexity index is 484. The summed E-state index contributed by atoms with van der Waals surface area (Å²) in [6.07, 6.45) is 2.10. The minimum Gasteiger partial charge on any atom is -0.396 e. The van der Waals surface area contributed by atoms with Crippen LogP contribution in [0.2, 0.25) is 0 Å². The highest BCUT2D eigenvalue weighted by Crippen LogP contribution is 2.16. The van der Waals surface area contributed by atoms with E-state index in [2.05, 4.69) is 0 Å². The third kappa shape index (κ3) is 4.86. The first-order valence-corrected chi connectivity index (χ1v) is 8.11. The number of aryl methyl sites for hydroxylation is 1. The molecule has 0 aliphatic carbocycles. The van der Waals surface area contributed by atoms with Gasteiger partial charge in [-0.25, -0.2) is 12.7 Å². The van der Waals surface area contributed by atoms with Crippen LogP contribution in [0.5, 0.6) is 0 Å². The number of benzene rings is 1. The maximum absolute atomic E-state index is 12.3. The van der Waals surface area contributed by atoms with E-state index in [-0.39, 0.29) is 6.61 Å². The number of rotatable bonds is 9. The van der Waals surface area contributed by atoms with Crippen LogP contribution in [0.15, 0.2) is 29.2 Å². The van der Waals surface area contributed by atoms with Crippen LogP contribution < -0.4 is 0 Å². The molecule has 0 aliphatic rings. The molecule has 1 rings (SSSR count). The first kappa shape index (κ1) is 17.1. The van der Waals surface area contributed by atoms with E-state index >= 15 is 0 Å². The molecule has 0 unspecified atom stereocenters. The lowest BCUT2D eigenvalue weighted by Gasteiger charge is -2.17. The predicted octanol–water partition coefficient (Wildman–Crippen LogP) is 1.27. The maximum Gasteiger partial charge on any atom is 0.242 e. The number of ether oxygens (including phenoxy) is 1. The van der Waals surface area contributed by atoms with Crippen LogP contribution in [-0.2, 0) is 21.2 Å². The molecule has 114 valence electrons. The van der Waals surface area contributed by atoms with Gasteiger partial charge in [0.15, 0.2) is 0 Å². The average molecular weight is 301 g/mol. The van der Waals surface area contributed by atoms with Gasteiger partial charge in [0.25, 0.3) is 0 Å². The molecule has 0 saturated carbocycles. The van der Waals surface area contributed by atoms with Crippen molar-refractivity contribution < 1.29 is 18.3 Å². The van der Waals surface area contributed by atoms with Gasteiger partial charge < -0.3 is 9.84 Å². The zero-order chi connectivity index (χ0) is 15.0. The number of sulfonamides is 1. The second kappa shape index (κ2) is 8.36. The van der Waals surface area contributed by atoms with Gasteiger partial charge in [-0.3, -0.25) is 0 Å². The van der Waals surface area contributed by atoms with Crippen molar-refractivity contribution in [3.8, 4) is 0 Å². The number of hydrogen-bond acceptors (Lipinski definition) is 4. The minimum atomic E-state index is -3.43. The zero-order valence-corrected chi connectivity index (χ0v) is 12.9. The average Bonchev–Trinajstić information content (AvgIpc) is 2.45. The van der Waals surface area contributed by atoms with Crippen LogP contribution >= 0.6 is 0 Å². The van der Waals surface area contributed by atoms with E-state index in [1.165, 1.54) is 4.31 Å². The molecule has 1 N–H and O–H groups in total. The molecule has 0 radical (unpaired) electrons. The molecule has 0 bridgehead atoms. The fraction of sp³-hybridized carbons (Fsp3) is 0.571. The lowest BCUT2D eigenvalue weighted by molar-refractivity contribution is 0.189. The van der Waals surface area contributed by atoms with Crippen LogP contribution in [0.1, 0.15) is 18.4 Å². The molecule has 0 aliphatic heterocycles. The van der Waals surface area contributed by atoms with Crippen LogP contribution in [-0.4, -0.2) is 51.7 Å². The highest BCUT2D eigenvalue weighted by molar-refractivity contribution is 7.89. The molecule has 0 atom stereocenters. The fourth-order valence-electron chi connectivity index (χ4n) is 1.84. The van der Waals surface area contributed by atoms with Gasteiger partial charge in [0.1, 0.15) is 0 Å². The third-order valence-electron chi connectivity index (χ3n) is 3.08. The Labute approximate surface area is 121 Å². The molecule has 0 heterocycles. The highest BCUT2D eigenvalue weighted by Gasteiger charge is 2.19. The molecule has 0 aromatic heterocycles. The third-order valence-corrected chi connectivity index (χ3v) is 4.95. The molecule has 0 fully saturated rings. The monoisotopic (exact) mass is 301 g/mol. The molecular formula is C14H23NO4S. The van der Waals surface area contributed by atoms with Gasteiger partial charge in [-0.2, -0.15) is 0 Å². The molecule has 5 nitrogen and oxygen atoms in total. The molecule has 20 heavy (non-hydrogen) atoms. The lowest BCUT2D eigenvalue weighted by atomic mass is 10.1. The van der Waals surface area contributed by atoms with Gasteiger partial charge in [0.05, 0.1) is 4.90 Å². The van der Waals surface area contributed by atoms with Crippen molar-refractivity contribution in [2.45, 2.75) is 24.2 Å². The van der Waals surface area contributed by atoms with Gasteiger partial charge in [-0.15, -0.1) is 0 Å². The van der Waals surface area contributed by atoms with Crippen molar-refractivity contribution in [2.24, 2.45) is 0 Å². The van der Waals surface area contributed by atoms with Crippen LogP contribution in [0.25, 0.3) is 0 Å². The molecule has 0 spiro atoms. The largest absolute Gasteiger partial charge is 0.396 e. The van der Waals surface area contributed by atoms with E-state index in [4.69, 9.17) is 9.84 Å². The second-order valence-electron chi connectivity index (χ2n) is 4.64. The number of aliphatic hydroxyl groups is 1. The second-order valence-corrected chi connectivity index (χ2v) is 6.69. The lowest BCUT2D eigenvalue weighted by Crippen LogP contribution is -2.28. The van der Waals surface area contributed by atoms with Crippen molar-refractivity contribution in [2.75, 3.05) is 33.9 Å². The van der Waals surface area contributed by atoms with E-state index in [1.807, 2.05) is 0 Å². The molecule has 1 aromatic carbocycles. The van der Waals surface area contributed by atoms with Gasteiger partial charge in [0, 0.05) is 33.9 Å². The number of hydrogen-bond donors (Lipinski definition) is 1. The van der Waals surface area contributed by atoms with Crippen molar-refractivity contribution in [3.63, 3.8) is 0 Å².